The van der Waals surface area contributed by atoms with Crippen LogP contribution in [0.4, 0.5) is 13.2 Å². The molecule has 8 heteroatoms. The van der Waals surface area contributed by atoms with Crippen LogP contribution in [0.2, 0.25) is 0 Å². The Kier molecular flexibility index (Phi) is 4.76. The number of carbonyl (C=O) groups excluding carboxylic acids is 1. The summed E-state index contributed by atoms with van der Waals surface area (Å²) in [5, 5.41) is 12.2. The summed E-state index contributed by atoms with van der Waals surface area (Å²) in [6, 6.07) is 7.88. The molecule has 5 nitrogen and oxygen atoms in total. The summed E-state index contributed by atoms with van der Waals surface area (Å²) in [6.07, 6.45) is -3.87. The molecule has 2 aromatic rings. The van der Waals surface area contributed by atoms with Crippen LogP contribution >= 0.6 is 0 Å². The predicted octanol–water partition coefficient (Wildman–Crippen LogP) is 1.92. The van der Waals surface area contributed by atoms with Crippen LogP contribution in [0.25, 0.3) is 0 Å². The highest BCUT2D eigenvalue weighted by Gasteiger charge is 2.55. The van der Waals surface area contributed by atoms with Crippen molar-refractivity contribution in [3.05, 3.63) is 59.5 Å². The molecule has 23 heavy (non-hydrogen) atoms. The molecular formula is C15H15F3N2O3. The number of furan rings is 1. The normalized spacial score (nSPS) is 14.3. The van der Waals surface area contributed by atoms with E-state index < -0.39 is 24.2 Å². The Morgan fingerprint density at radius 3 is 2.43 bits per heavy atom. The maximum atomic E-state index is 13.3. The molecule has 0 fully saturated rings. The van der Waals surface area contributed by atoms with Crippen molar-refractivity contribution in [1.29, 1.82) is 0 Å². The van der Waals surface area contributed by atoms with Gasteiger partial charge in [-0.3, -0.25) is 4.79 Å². The van der Waals surface area contributed by atoms with Crippen LogP contribution in [0.3, 0.4) is 0 Å². The van der Waals surface area contributed by atoms with Crippen molar-refractivity contribution in [3.63, 3.8) is 0 Å². The molecule has 0 spiro atoms. The highest BCUT2D eigenvalue weighted by Crippen LogP contribution is 2.38. The minimum Gasteiger partial charge on any atom is -0.467 e. The van der Waals surface area contributed by atoms with Crippen molar-refractivity contribution in [2.45, 2.75) is 18.3 Å². The van der Waals surface area contributed by atoms with Gasteiger partial charge in [-0.25, -0.2) is 0 Å². The second kappa shape index (κ2) is 6.43. The molecule has 0 aliphatic heterocycles. The molecule has 0 saturated heterocycles. The Morgan fingerprint density at radius 2 is 1.91 bits per heavy atom. The number of rotatable bonds is 5. The molecule has 1 unspecified atom stereocenters. The van der Waals surface area contributed by atoms with Crippen LogP contribution in [0.1, 0.15) is 21.7 Å². The van der Waals surface area contributed by atoms with Crippen LogP contribution in [0.15, 0.2) is 47.1 Å². The summed E-state index contributed by atoms with van der Waals surface area (Å²) < 4.78 is 44.7. The van der Waals surface area contributed by atoms with Gasteiger partial charge in [0.05, 0.1) is 18.7 Å². The Morgan fingerprint density at radius 1 is 1.26 bits per heavy atom. The maximum absolute atomic E-state index is 13.3. The molecular weight excluding hydrogens is 313 g/mol. The standard InChI is InChI=1S/C15H15F3N2O3/c16-15(17,18)14(22,11-4-2-1-3-5-11)9-20-13(21)10-6-12(7-19)23-8-10/h1-6,8,22H,7,9,19H2,(H,20,21). The second-order valence-electron chi connectivity index (χ2n) is 4.91. The Balaban J connectivity index is 2.18. The summed E-state index contributed by atoms with van der Waals surface area (Å²) in [5.74, 6) is -0.476. The lowest BCUT2D eigenvalue weighted by Crippen LogP contribution is -2.51. The van der Waals surface area contributed by atoms with Gasteiger partial charge in [-0.2, -0.15) is 13.2 Å². The Bertz CT molecular complexity index is 670. The minimum atomic E-state index is -4.96. The van der Waals surface area contributed by atoms with E-state index in [-0.39, 0.29) is 17.7 Å². The zero-order valence-corrected chi connectivity index (χ0v) is 11.9. The number of aliphatic hydroxyl groups is 1. The Hall–Kier alpha value is -2.32. The van der Waals surface area contributed by atoms with Gasteiger partial charge in [0.2, 0.25) is 5.60 Å². The quantitative estimate of drug-likeness (QED) is 0.782. The third kappa shape index (κ3) is 3.54. The first-order chi connectivity index (χ1) is 10.8. The molecule has 124 valence electrons. The zero-order valence-electron chi connectivity index (χ0n) is 11.9. The number of hydrogen-bond donors (Lipinski definition) is 3. The largest absolute Gasteiger partial charge is 0.467 e. The smallest absolute Gasteiger partial charge is 0.423 e. The van der Waals surface area contributed by atoms with Crippen molar-refractivity contribution < 1.29 is 27.5 Å². The molecule has 0 radical (unpaired) electrons. The SMILES string of the molecule is NCc1cc(C(=O)NCC(O)(c2ccccc2)C(F)(F)F)co1. The molecule has 4 N–H and O–H groups in total. The number of amides is 1. The lowest BCUT2D eigenvalue weighted by molar-refractivity contribution is -0.263. The lowest BCUT2D eigenvalue weighted by atomic mass is 9.93. The first-order valence-corrected chi connectivity index (χ1v) is 6.68. The molecule has 0 bridgehead atoms. The van der Waals surface area contributed by atoms with Gasteiger partial charge in [-0.15, -0.1) is 0 Å². The van der Waals surface area contributed by atoms with E-state index >= 15 is 0 Å². The number of hydrogen-bond acceptors (Lipinski definition) is 4. The van der Waals surface area contributed by atoms with E-state index in [0.717, 1.165) is 18.4 Å². The minimum absolute atomic E-state index is 0.0306. The topological polar surface area (TPSA) is 88.5 Å². The van der Waals surface area contributed by atoms with E-state index in [4.69, 9.17) is 10.2 Å². The summed E-state index contributed by atoms with van der Waals surface area (Å²) in [5.41, 5.74) is 1.81. The average molecular weight is 328 g/mol. The Labute approximate surface area is 129 Å². The average Bonchev–Trinajstić information content (AvgIpc) is 3.01. The molecule has 0 aliphatic carbocycles. The van der Waals surface area contributed by atoms with E-state index in [9.17, 15) is 23.1 Å². The third-order valence-corrected chi connectivity index (χ3v) is 3.34. The first kappa shape index (κ1) is 17.0. The fourth-order valence-electron chi connectivity index (χ4n) is 2.00. The van der Waals surface area contributed by atoms with Crippen molar-refractivity contribution in [3.8, 4) is 0 Å². The van der Waals surface area contributed by atoms with E-state index in [1.807, 2.05) is 0 Å². The van der Waals surface area contributed by atoms with Crippen molar-refractivity contribution in [1.82, 2.24) is 5.32 Å². The van der Waals surface area contributed by atoms with E-state index in [1.54, 1.807) is 0 Å². The molecule has 1 aromatic carbocycles. The van der Waals surface area contributed by atoms with Gasteiger partial charge < -0.3 is 20.6 Å². The molecule has 1 atom stereocenters. The number of nitrogens with one attached hydrogen (secondary N) is 1. The van der Waals surface area contributed by atoms with Crippen LogP contribution in [0.5, 0.6) is 0 Å². The third-order valence-electron chi connectivity index (χ3n) is 3.34. The summed E-state index contributed by atoms with van der Waals surface area (Å²) in [7, 11) is 0. The van der Waals surface area contributed by atoms with Gasteiger partial charge in [-0.1, -0.05) is 30.3 Å². The van der Waals surface area contributed by atoms with Crippen molar-refractivity contribution in [2.75, 3.05) is 6.54 Å². The van der Waals surface area contributed by atoms with E-state index in [2.05, 4.69) is 5.32 Å². The molecule has 1 heterocycles. The molecule has 0 aliphatic rings. The van der Waals surface area contributed by atoms with E-state index in [1.165, 1.54) is 24.3 Å². The number of alkyl halides is 3. The van der Waals surface area contributed by atoms with Gasteiger partial charge in [0.1, 0.15) is 12.0 Å². The fraction of sp³-hybridized carbons (Fsp3) is 0.267. The number of benzene rings is 1. The summed E-state index contributed by atoms with van der Waals surface area (Å²) >= 11 is 0. The second-order valence-corrected chi connectivity index (χ2v) is 4.91. The van der Waals surface area contributed by atoms with Gasteiger partial charge in [0, 0.05) is 0 Å². The van der Waals surface area contributed by atoms with Crippen LogP contribution in [0, 0.1) is 0 Å². The van der Waals surface area contributed by atoms with Crippen LogP contribution in [-0.2, 0) is 12.1 Å². The fourth-order valence-corrected chi connectivity index (χ4v) is 2.00. The predicted molar refractivity (Wildman–Crippen MR) is 75.3 cm³/mol. The maximum Gasteiger partial charge on any atom is 0.423 e. The molecule has 1 aromatic heterocycles. The highest BCUT2D eigenvalue weighted by molar-refractivity contribution is 5.94. The monoisotopic (exact) mass is 328 g/mol. The number of halogens is 3. The van der Waals surface area contributed by atoms with Gasteiger partial charge in [0.25, 0.3) is 5.91 Å². The zero-order chi connectivity index (χ0) is 17.1. The van der Waals surface area contributed by atoms with Crippen molar-refractivity contribution >= 4 is 5.91 Å². The molecule has 1 amide bonds. The van der Waals surface area contributed by atoms with Gasteiger partial charge in [0.15, 0.2) is 0 Å². The molecule has 0 saturated carbocycles. The summed E-state index contributed by atoms with van der Waals surface area (Å²) in [4.78, 5) is 11.9. The highest BCUT2D eigenvalue weighted by atomic mass is 19.4. The van der Waals surface area contributed by atoms with Crippen molar-refractivity contribution in [2.24, 2.45) is 5.73 Å². The van der Waals surface area contributed by atoms with Crippen LogP contribution < -0.4 is 11.1 Å². The lowest BCUT2D eigenvalue weighted by Gasteiger charge is -2.31. The molecule has 2 rings (SSSR count). The van der Waals surface area contributed by atoms with E-state index in [0.29, 0.717) is 5.76 Å². The van der Waals surface area contributed by atoms with Gasteiger partial charge >= 0.3 is 6.18 Å². The first-order valence-electron chi connectivity index (χ1n) is 6.68. The van der Waals surface area contributed by atoms with Crippen LogP contribution in [-0.4, -0.2) is 23.7 Å². The number of nitrogens with two attached hydrogens (primary N) is 1. The summed E-state index contributed by atoms with van der Waals surface area (Å²) in [6.45, 7) is -0.966. The number of carbonyl (C=O) groups is 1. The van der Waals surface area contributed by atoms with Gasteiger partial charge in [-0.05, 0) is 11.6 Å².